The van der Waals surface area contributed by atoms with Crippen LogP contribution in [0, 0.1) is 6.92 Å². The van der Waals surface area contributed by atoms with Gasteiger partial charge in [0, 0.05) is 18.2 Å². The number of ether oxygens (including phenoxy) is 1. The fourth-order valence-electron chi connectivity index (χ4n) is 3.61. The molecule has 0 aliphatic heterocycles. The van der Waals surface area contributed by atoms with Crippen LogP contribution in [-0.4, -0.2) is 25.9 Å². The third-order valence-electron chi connectivity index (χ3n) is 4.91. The molecule has 0 saturated carbocycles. The summed E-state index contributed by atoms with van der Waals surface area (Å²) in [4.78, 5) is 25.4. The number of hydrogen-bond acceptors (Lipinski definition) is 6. The van der Waals surface area contributed by atoms with Gasteiger partial charge in [-0.3, -0.25) is 9.59 Å². The summed E-state index contributed by atoms with van der Waals surface area (Å²) in [6.07, 6.45) is -2.87. The van der Waals surface area contributed by atoms with Crippen molar-refractivity contribution in [2.75, 3.05) is 5.32 Å². The summed E-state index contributed by atoms with van der Waals surface area (Å²) >= 11 is 0. The lowest BCUT2D eigenvalue weighted by atomic mass is 10.2. The first kappa shape index (κ1) is 20.6. The lowest BCUT2D eigenvalue weighted by Gasteiger charge is -2.15. The molecule has 162 valence electrons. The van der Waals surface area contributed by atoms with Crippen LogP contribution < -0.4 is 21.2 Å². The molecule has 2 aromatic heterocycles. The monoisotopic (exact) mass is 433 g/mol. The molecule has 0 radical (unpaired) electrons. The molecule has 1 aliphatic carbocycles. The van der Waals surface area contributed by atoms with Crippen molar-refractivity contribution in [3.05, 3.63) is 67.9 Å². The van der Waals surface area contributed by atoms with Gasteiger partial charge in [-0.15, -0.1) is 18.3 Å². The Bertz CT molecular complexity index is 1260. The molecule has 0 amide bonds. The molecule has 2 heterocycles. The quantitative estimate of drug-likeness (QED) is 0.681. The Balaban J connectivity index is 1.78. The lowest BCUT2D eigenvalue weighted by molar-refractivity contribution is -0.274. The van der Waals surface area contributed by atoms with Gasteiger partial charge in [-0.05, 0) is 56.5 Å². The van der Waals surface area contributed by atoms with Crippen molar-refractivity contribution in [1.82, 2.24) is 19.6 Å². The molecule has 0 bridgehead atoms. The smallest absolute Gasteiger partial charge is 0.406 e. The molecule has 0 unspecified atom stereocenters. The van der Waals surface area contributed by atoms with Crippen molar-refractivity contribution in [3.8, 4) is 11.4 Å². The molecule has 1 aromatic carbocycles. The molecule has 3 aromatic rings. The van der Waals surface area contributed by atoms with E-state index in [1.54, 1.807) is 13.0 Å². The van der Waals surface area contributed by atoms with Crippen LogP contribution in [0.5, 0.6) is 5.75 Å². The van der Waals surface area contributed by atoms with Crippen LogP contribution >= 0.6 is 0 Å². The zero-order valence-corrected chi connectivity index (χ0v) is 16.7. The zero-order chi connectivity index (χ0) is 22.3. The molecule has 0 spiro atoms. The first-order valence-electron chi connectivity index (χ1n) is 9.45. The van der Waals surface area contributed by atoms with Crippen LogP contribution in [0.4, 0.5) is 24.7 Å². The molecule has 1 aliphatic rings. The van der Waals surface area contributed by atoms with E-state index in [2.05, 4.69) is 20.3 Å². The first-order valence-corrected chi connectivity index (χ1v) is 9.45. The Morgan fingerprint density at radius 2 is 1.71 bits per heavy atom. The topological polar surface area (TPSA) is 91.0 Å². The van der Waals surface area contributed by atoms with Crippen LogP contribution in [0.2, 0.25) is 0 Å². The predicted octanol–water partition coefficient (Wildman–Crippen LogP) is 2.77. The third kappa shape index (κ3) is 4.16. The number of aromatic nitrogens is 4. The van der Waals surface area contributed by atoms with Gasteiger partial charge in [-0.25, -0.2) is 4.68 Å². The van der Waals surface area contributed by atoms with Crippen LogP contribution in [0.15, 0.2) is 39.9 Å². The number of nitrogens with one attached hydrogen (secondary N) is 1. The van der Waals surface area contributed by atoms with E-state index >= 15 is 0 Å². The third-order valence-corrected chi connectivity index (χ3v) is 4.91. The van der Waals surface area contributed by atoms with Crippen molar-refractivity contribution in [2.45, 2.75) is 32.5 Å². The van der Waals surface area contributed by atoms with Crippen molar-refractivity contribution >= 4 is 11.5 Å². The number of aryl methyl sites for hydroxylation is 2. The normalized spacial score (nSPS) is 13.2. The molecular weight excluding hydrogens is 415 g/mol. The molecule has 11 heteroatoms. The minimum absolute atomic E-state index is 0.260. The highest BCUT2D eigenvalue weighted by Crippen LogP contribution is 2.28. The van der Waals surface area contributed by atoms with E-state index in [0.29, 0.717) is 29.9 Å². The van der Waals surface area contributed by atoms with Gasteiger partial charge in [0.2, 0.25) is 0 Å². The van der Waals surface area contributed by atoms with Crippen molar-refractivity contribution in [2.24, 2.45) is 7.05 Å². The molecule has 31 heavy (non-hydrogen) atoms. The summed E-state index contributed by atoms with van der Waals surface area (Å²) in [5.74, 6) is -0.0509. The molecule has 8 nitrogen and oxygen atoms in total. The predicted molar refractivity (Wildman–Crippen MR) is 106 cm³/mol. The molecule has 0 saturated heterocycles. The van der Waals surface area contributed by atoms with Crippen LogP contribution in [0.3, 0.4) is 0 Å². The number of nitrogens with zero attached hydrogens (tertiary/aromatic N) is 4. The van der Waals surface area contributed by atoms with E-state index in [0.717, 1.165) is 28.8 Å². The highest BCUT2D eigenvalue weighted by Gasteiger charge is 2.31. The van der Waals surface area contributed by atoms with Crippen LogP contribution in [0.25, 0.3) is 5.69 Å². The van der Waals surface area contributed by atoms with Crippen molar-refractivity contribution < 1.29 is 17.9 Å². The molecular formula is C20H18F3N5O3. The first-order chi connectivity index (χ1) is 14.6. The summed E-state index contributed by atoms with van der Waals surface area (Å²) < 4.78 is 43.4. The van der Waals surface area contributed by atoms with Gasteiger partial charge in [-0.1, -0.05) is 0 Å². The standard InChI is InChI=1S/C20H18F3N5O3/c1-11-10-16(19(30)27(2)25-11)24-17-14-4-3-5-15(14)18(29)28(26-17)12-6-8-13(9-7-12)31-20(21,22)23/h6-10H,3-5H2,1-2H3,(H,24,26). The number of rotatable bonds is 4. The molecule has 0 fully saturated rings. The second-order valence-electron chi connectivity index (χ2n) is 7.17. The lowest BCUT2D eigenvalue weighted by Crippen LogP contribution is -2.28. The Hall–Kier alpha value is -3.63. The van der Waals surface area contributed by atoms with Gasteiger partial charge in [0.05, 0.1) is 11.4 Å². The Kier molecular flexibility index (Phi) is 5.03. The summed E-state index contributed by atoms with van der Waals surface area (Å²) in [6, 6.07) is 6.44. The van der Waals surface area contributed by atoms with Crippen molar-refractivity contribution in [1.29, 1.82) is 0 Å². The van der Waals surface area contributed by atoms with Crippen LogP contribution in [0.1, 0.15) is 23.2 Å². The highest BCUT2D eigenvalue weighted by molar-refractivity contribution is 5.61. The maximum absolute atomic E-state index is 12.9. The fourth-order valence-corrected chi connectivity index (χ4v) is 3.61. The summed E-state index contributed by atoms with van der Waals surface area (Å²) in [6.45, 7) is 1.74. The maximum Gasteiger partial charge on any atom is 0.573 e. The summed E-state index contributed by atoms with van der Waals surface area (Å²) in [5, 5.41) is 11.4. The van der Waals surface area contributed by atoms with E-state index in [-0.39, 0.29) is 22.5 Å². The van der Waals surface area contributed by atoms with Crippen molar-refractivity contribution in [3.63, 3.8) is 0 Å². The van der Waals surface area contributed by atoms with Gasteiger partial charge in [0.15, 0.2) is 5.82 Å². The number of hydrogen-bond donors (Lipinski definition) is 1. The van der Waals surface area contributed by atoms with Crippen LogP contribution in [-0.2, 0) is 19.9 Å². The number of benzene rings is 1. The van der Waals surface area contributed by atoms with Gasteiger partial charge in [-0.2, -0.15) is 9.78 Å². The Morgan fingerprint density at radius 1 is 1.03 bits per heavy atom. The number of fused-ring (bicyclic) bond motifs is 1. The molecule has 0 atom stereocenters. The van der Waals surface area contributed by atoms with Gasteiger partial charge in [0.1, 0.15) is 11.4 Å². The number of anilines is 2. The molecule has 1 N–H and O–H groups in total. The van der Waals surface area contributed by atoms with Gasteiger partial charge in [0.25, 0.3) is 11.1 Å². The largest absolute Gasteiger partial charge is 0.573 e. The van der Waals surface area contributed by atoms with E-state index in [9.17, 15) is 22.8 Å². The van der Waals surface area contributed by atoms with Gasteiger partial charge >= 0.3 is 6.36 Å². The Morgan fingerprint density at radius 3 is 2.39 bits per heavy atom. The summed E-state index contributed by atoms with van der Waals surface area (Å²) in [5.41, 5.74) is 1.75. The number of alkyl halides is 3. The second kappa shape index (κ2) is 7.56. The highest BCUT2D eigenvalue weighted by atomic mass is 19.4. The maximum atomic E-state index is 12.9. The zero-order valence-electron chi connectivity index (χ0n) is 16.7. The SMILES string of the molecule is Cc1cc(Nc2nn(-c3ccc(OC(F)(F)F)cc3)c(=O)c3c2CCC3)c(=O)n(C)n1. The number of halogens is 3. The average molecular weight is 433 g/mol. The fraction of sp³-hybridized carbons (Fsp3) is 0.300. The van der Waals surface area contributed by atoms with Gasteiger partial charge < -0.3 is 10.1 Å². The average Bonchev–Trinajstić information content (AvgIpc) is 3.18. The van der Waals surface area contributed by atoms with E-state index in [4.69, 9.17) is 0 Å². The minimum Gasteiger partial charge on any atom is -0.406 e. The molecule has 4 rings (SSSR count). The van der Waals surface area contributed by atoms with E-state index in [1.807, 2.05) is 0 Å². The second-order valence-corrected chi connectivity index (χ2v) is 7.17. The minimum atomic E-state index is -4.81. The van der Waals surface area contributed by atoms with E-state index < -0.39 is 12.1 Å². The van der Waals surface area contributed by atoms with E-state index in [1.165, 1.54) is 23.9 Å². The summed E-state index contributed by atoms with van der Waals surface area (Å²) in [7, 11) is 1.53. The Labute approximate surface area is 173 Å².